The Morgan fingerprint density at radius 3 is 2.77 bits per heavy atom. The van der Waals surface area contributed by atoms with Crippen molar-refractivity contribution in [3.63, 3.8) is 0 Å². The van der Waals surface area contributed by atoms with Gasteiger partial charge >= 0.3 is 12.0 Å². The Hall–Kier alpha value is -2.94. The molecule has 8 nitrogen and oxygen atoms in total. The normalized spacial score (nSPS) is 14.0. The number of hydrogen-bond donors (Lipinski definition) is 2. The molecule has 2 amide bonds. The Morgan fingerprint density at radius 2 is 2.04 bits per heavy atom. The van der Waals surface area contributed by atoms with Gasteiger partial charge in [0, 0.05) is 12.1 Å². The molecule has 3 aromatic heterocycles. The molecular formula is C17H17N5O3S. The zero-order valence-corrected chi connectivity index (χ0v) is 14.9. The molecule has 0 spiro atoms. The first kappa shape index (κ1) is 16.5. The lowest BCUT2D eigenvalue weighted by molar-refractivity contribution is 0.0607. The lowest BCUT2D eigenvalue weighted by Crippen LogP contribution is -2.21. The number of nitrogens with one attached hydrogen (secondary N) is 2. The maximum absolute atomic E-state index is 12.4. The third kappa shape index (κ3) is 2.90. The fraction of sp³-hybridized carbons (Fsp3) is 0.294. The summed E-state index contributed by atoms with van der Waals surface area (Å²) in [5.41, 5.74) is 1.56. The van der Waals surface area contributed by atoms with Crippen molar-refractivity contribution in [1.82, 2.24) is 14.6 Å². The number of carbonyl (C=O) groups is 2. The molecule has 0 atom stereocenters. The molecule has 9 heteroatoms. The summed E-state index contributed by atoms with van der Waals surface area (Å²) in [4.78, 5) is 24.4. The van der Waals surface area contributed by atoms with Gasteiger partial charge in [0.2, 0.25) is 0 Å². The zero-order valence-electron chi connectivity index (χ0n) is 14.1. The summed E-state index contributed by atoms with van der Waals surface area (Å²) in [7, 11) is 1.30. The quantitative estimate of drug-likeness (QED) is 0.684. The lowest BCUT2D eigenvalue weighted by Gasteiger charge is -2.23. The second kappa shape index (κ2) is 6.75. The van der Waals surface area contributed by atoms with E-state index in [1.807, 2.05) is 16.7 Å². The van der Waals surface area contributed by atoms with E-state index in [2.05, 4.69) is 20.8 Å². The average molecular weight is 371 g/mol. The Morgan fingerprint density at radius 1 is 1.23 bits per heavy atom. The van der Waals surface area contributed by atoms with Crippen molar-refractivity contribution in [3.8, 4) is 0 Å². The molecule has 0 radical (unpaired) electrons. The van der Waals surface area contributed by atoms with Crippen molar-refractivity contribution < 1.29 is 14.3 Å². The first-order chi connectivity index (χ1) is 12.7. The van der Waals surface area contributed by atoms with Crippen LogP contribution in [0, 0.1) is 0 Å². The van der Waals surface area contributed by atoms with Gasteiger partial charge in [-0.25, -0.2) is 9.59 Å². The van der Waals surface area contributed by atoms with Crippen molar-refractivity contribution in [2.24, 2.45) is 0 Å². The largest absolute Gasteiger partial charge is 0.465 e. The molecule has 1 aliphatic carbocycles. The molecule has 134 valence electrons. The zero-order chi connectivity index (χ0) is 18.1. The van der Waals surface area contributed by atoms with Crippen molar-refractivity contribution in [3.05, 3.63) is 40.5 Å². The van der Waals surface area contributed by atoms with Gasteiger partial charge in [0.05, 0.1) is 18.5 Å². The summed E-state index contributed by atoms with van der Waals surface area (Å²) in [6.07, 6.45) is 5.35. The Balaban J connectivity index is 1.54. The number of urea groups is 1. The van der Waals surface area contributed by atoms with Crippen LogP contribution >= 0.6 is 11.3 Å². The number of amides is 2. The maximum atomic E-state index is 12.4. The predicted octanol–water partition coefficient (Wildman–Crippen LogP) is 3.49. The number of rotatable bonds is 4. The number of fused-ring (bicyclic) bond motifs is 1. The van der Waals surface area contributed by atoms with Crippen LogP contribution in [0.15, 0.2) is 29.8 Å². The molecule has 0 aromatic carbocycles. The summed E-state index contributed by atoms with van der Waals surface area (Å²) < 4.78 is 6.63. The van der Waals surface area contributed by atoms with E-state index in [1.54, 1.807) is 17.5 Å². The molecular weight excluding hydrogens is 354 g/mol. The van der Waals surface area contributed by atoms with Crippen LogP contribution in [0.4, 0.5) is 16.2 Å². The number of ether oxygens (including phenoxy) is 1. The number of methoxy groups -OCH3 is 1. The van der Waals surface area contributed by atoms with E-state index in [9.17, 15) is 9.59 Å². The van der Waals surface area contributed by atoms with E-state index in [1.165, 1.54) is 24.9 Å². The second-order valence-electron chi connectivity index (χ2n) is 6.04. The predicted molar refractivity (Wildman–Crippen MR) is 97.9 cm³/mol. The van der Waals surface area contributed by atoms with Crippen LogP contribution < -0.4 is 10.6 Å². The summed E-state index contributed by atoms with van der Waals surface area (Å²) in [6.45, 7) is 0. The van der Waals surface area contributed by atoms with E-state index in [4.69, 9.17) is 4.74 Å². The monoisotopic (exact) mass is 371 g/mol. The van der Waals surface area contributed by atoms with Crippen LogP contribution in [0.5, 0.6) is 0 Å². The number of thiophene rings is 1. The number of pyridine rings is 1. The molecule has 4 rings (SSSR count). The van der Waals surface area contributed by atoms with E-state index >= 15 is 0 Å². The minimum atomic E-state index is -0.486. The van der Waals surface area contributed by atoms with E-state index in [0.717, 1.165) is 18.7 Å². The maximum Gasteiger partial charge on any atom is 0.350 e. The molecule has 1 saturated carbocycles. The molecule has 3 aromatic rings. The van der Waals surface area contributed by atoms with Crippen molar-refractivity contribution in [2.75, 3.05) is 17.7 Å². The van der Waals surface area contributed by atoms with Crippen molar-refractivity contribution >= 4 is 40.4 Å². The van der Waals surface area contributed by atoms with Gasteiger partial charge in [-0.3, -0.25) is 4.40 Å². The molecule has 1 fully saturated rings. The minimum absolute atomic E-state index is 0.343. The second-order valence-corrected chi connectivity index (χ2v) is 6.95. The standard InChI is InChI=1S/C17H17N5O3S/c1-25-16(23)13-11(7-9-26-13)18-17(24)19-12-6-3-8-22-14(10-4-2-5-10)20-21-15(12)22/h3,6-10H,2,4-5H2,1H3,(H2,18,19,24). The number of carbonyl (C=O) groups excluding carboxylic acids is 2. The van der Waals surface area contributed by atoms with Crippen LogP contribution in [0.25, 0.3) is 5.65 Å². The molecule has 0 aliphatic heterocycles. The van der Waals surface area contributed by atoms with Crippen LogP contribution in [0.3, 0.4) is 0 Å². The smallest absolute Gasteiger partial charge is 0.350 e. The fourth-order valence-electron chi connectivity index (χ4n) is 2.91. The third-order valence-electron chi connectivity index (χ3n) is 4.46. The number of anilines is 2. The first-order valence-electron chi connectivity index (χ1n) is 8.25. The van der Waals surface area contributed by atoms with Gasteiger partial charge in [0.1, 0.15) is 10.7 Å². The third-order valence-corrected chi connectivity index (χ3v) is 5.36. The van der Waals surface area contributed by atoms with Gasteiger partial charge in [0.15, 0.2) is 5.65 Å². The summed E-state index contributed by atoms with van der Waals surface area (Å²) in [6, 6.07) is 4.81. The highest BCUT2D eigenvalue weighted by Gasteiger charge is 2.25. The Kier molecular flexibility index (Phi) is 4.29. The van der Waals surface area contributed by atoms with Crippen molar-refractivity contribution in [2.45, 2.75) is 25.2 Å². The lowest BCUT2D eigenvalue weighted by atomic mass is 9.85. The van der Waals surface area contributed by atoms with Gasteiger partial charge in [-0.05, 0) is 36.4 Å². The number of aromatic nitrogens is 3. The summed E-state index contributed by atoms with van der Waals surface area (Å²) in [5, 5.41) is 15.7. The molecule has 1 aliphatic rings. The number of hydrogen-bond acceptors (Lipinski definition) is 6. The average Bonchev–Trinajstić information content (AvgIpc) is 3.21. The highest BCUT2D eigenvalue weighted by molar-refractivity contribution is 7.12. The SMILES string of the molecule is COC(=O)c1sccc1NC(=O)Nc1cccn2c(C3CCC3)nnc12. The Bertz CT molecular complexity index is 976. The number of nitrogens with zero attached hydrogens (tertiary/aromatic N) is 3. The molecule has 0 bridgehead atoms. The van der Waals surface area contributed by atoms with Gasteiger partial charge in [-0.1, -0.05) is 6.42 Å². The van der Waals surface area contributed by atoms with Gasteiger partial charge in [-0.2, -0.15) is 0 Å². The van der Waals surface area contributed by atoms with Crippen LogP contribution in [-0.4, -0.2) is 33.7 Å². The highest BCUT2D eigenvalue weighted by atomic mass is 32.1. The van der Waals surface area contributed by atoms with E-state index in [-0.39, 0.29) is 0 Å². The molecule has 0 saturated heterocycles. The number of esters is 1. The van der Waals surface area contributed by atoms with Crippen LogP contribution in [0.1, 0.15) is 40.7 Å². The van der Waals surface area contributed by atoms with Crippen molar-refractivity contribution in [1.29, 1.82) is 0 Å². The summed E-state index contributed by atoms with van der Waals surface area (Å²) in [5.74, 6) is 0.878. The highest BCUT2D eigenvalue weighted by Crippen LogP contribution is 2.35. The first-order valence-corrected chi connectivity index (χ1v) is 9.13. The van der Waals surface area contributed by atoms with E-state index < -0.39 is 12.0 Å². The molecule has 2 N–H and O–H groups in total. The van der Waals surface area contributed by atoms with Crippen LogP contribution in [0.2, 0.25) is 0 Å². The molecule has 0 unspecified atom stereocenters. The Labute approximate surface area is 153 Å². The molecule has 3 heterocycles. The van der Waals surface area contributed by atoms with Gasteiger partial charge in [0.25, 0.3) is 0 Å². The van der Waals surface area contributed by atoms with Crippen LogP contribution in [-0.2, 0) is 4.74 Å². The topological polar surface area (TPSA) is 97.6 Å². The summed E-state index contributed by atoms with van der Waals surface area (Å²) >= 11 is 1.21. The fourth-order valence-corrected chi connectivity index (χ4v) is 3.68. The molecule has 26 heavy (non-hydrogen) atoms. The van der Waals surface area contributed by atoms with Gasteiger partial charge in [-0.15, -0.1) is 21.5 Å². The minimum Gasteiger partial charge on any atom is -0.465 e. The van der Waals surface area contributed by atoms with E-state index in [0.29, 0.717) is 27.8 Å². The van der Waals surface area contributed by atoms with Gasteiger partial charge < -0.3 is 15.4 Å².